The summed E-state index contributed by atoms with van der Waals surface area (Å²) in [6, 6.07) is 5.05. The van der Waals surface area contributed by atoms with Crippen molar-refractivity contribution in [1.29, 1.82) is 0 Å². The van der Waals surface area contributed by atoms with Gasteiger partial charge in [0.15, 0.2) is 17.0 Å². The lowest BCUT2D eigenvalue weighted by Gasteiger charge is -2.35. The van der Waals surface area contributed by atoms with Gasteiger partial charge in [0, 0.05) is 49.7 Å². The topological polar surface area (TPSA) is 68.6 Å². The summed E-state index contributed by atoms with van der Waals surface area (Å²) < 4.78 is 41.0. The summed E-state index contributed by atoms with van der Waals surface area (Å²) >= 11 is 0. The number of aromatic nitrogens is 2. The Labute approximate surface area is 189 Å². The predicted molar refractivity (Wildman–Crippen MR) is 120 cm³/mol. The SMILES string of the molecule is COc1cc(CN(Cc2cn3c4c(c(F)c(F)cc4c2=O)OCC3)C2CCCNC2)ccn1. The van der Waals surface area contributed by atoms with Crippen LogP contribution >= 0.6 is 0 Å². The van der Waals surface area contributed by atoms with E-state index in [-0.39, 0.29) is 29.2 Å². The molecule has 0 aliphatic carbocycles. The van der Waals surface area contributed by atoms with Crippen molar-refractivity contribution in [3.05, 3.63) is 63.6 Å². The minimum Gasteiger partial charge on any atom is -0.486 e. The highest BCUT2D eigenvalue weighted by molar-refractivity contribution is 5.86. The molecule has 0 amide bonds. The zero-order valence-electron chi connectivity index (χ0n) is 18.4. The van der Waals surface area contributed by atoms with Crippen LogP contribution in [0.3, 0.4) is 0 Å². The second-order valence-electron chi connectivity index (χ2n) is 8.53. The summed E-state index contributed by atoms with van der Waals surface area (Å²) in [4.78, 5) is 19.8. The van der Waals surface area contributed by atoms with Crippen LogP contribution in [0.4, 0.5) is 8.78 Å². The molecule has 1 unspecified atom stereocenters. The van der Waals surface area contributed by atoms with E-state index in [9.17, 15) is 13.6 Å². The first-order valence-electron chi connectivity index (χ1n) is 11.2. The van der Waals surface area contributed by atoms with Gasteiger partial charge >= 0.3 is 0 Å². The number of hydrogen-bond donors (Lipinski definition) is 1. The molecule has 0 radical (unpaired) electrons. The summed E-state index contributed by atoms with van der Waals surface area (Å²) in [5, 5.41) is 3.58. The second-order valence-corrected chi connectivity index (χ2v) is 8.53. The molecule has 0 spiro atoms. The molecule has 5 rings (SSSR count). The molecular formula is C24H26F2N4O3. The number of hydrogen-bond acceptors (Lipinski definition) is 6. The van der Waals surface area contributed by atoms with Crippen LogP contribution < -0.4 is 20.2 Å². The monoisotopic (exact) mass is 456 g/mol. The van der Waals surface area contributed by atoms with Crippen LogP contribution in [-0.4, -0.2) is 47.3 Å². The van der Waals surface area contributed by atoms with Crippen LogP contribution in [0.5, 0.6) is 11.6 Å². The fourth-order valence-corrected chi connectivity index (χ4v) is 4.78. The third-order valence-corrected chi connectivity index (χ3v) is 6.42. The zero-order chi connectivity index (χ0) is 22.9. The number of methoxy groups -OCH3 is 1. The maximum atomic E-state index is 14.3. The van der Waals surface area contributed by atoms with Gasteiger partial charge in [0.1, 0.15) is 6.61 Å². The van der Waals surface area contributed by atoms with Gasteiger partial charge < -0.3 is 19.4 Å². The number of rotatable bonds is 6. The Bertz CT molecular complexity index is 1240. The molecule has 1 N–H and O–H groups in total. The van der Waals surface area contributed by atoms with Gasteiger partial charge in [0.2, 0.25) is 11.7 Å². The van der Waals surface area contributed by atoms with Gasteiger partial charge in [0.05, 0.1) is 24.6 Å². The van der Waals surface area contributed by atoms with E-state index in [4.69, 9.17) is 9.47 Å². The lowest BCUT2D eigenvalue weighted by Crippen LogP contribution is -2.45. The molecule has 174 valence electrons. The van der Waals surface area contributed by atoms with E-state index in [1.807, 2.05) is 12.1 Å². The highest BCUT2D eigenvalue weighted by atomic mass is 19.2. The van der Waals surface area contributed by atoms with Gasteiger partial charge in [-0.3, -0.25) is 9.69 Å². The number of benzene rings is 1. The van der Waals surface area contributed by atoms with Gasteiger partial charge in [-0.1, -0.05) is 0 Å². The third kappa shape index (κ3) is 4.18. The van der Waals surface area contributed by atoms with Crippen molar-refractivity contribution in [3.63, 3.8) is 0 Å². The van der Waals surface area contributed by atoms with Crippen molar-refractivity contribution in [3.8, 4) is 11.6 Å². The largest absolute Gasteiger partial charge is 0.486 e. The van der Waals surface area contributed by atoms with Gasteiger partial charge in [-0.05, 0) is 37.1 Å². The molecule has 1 aromatic carbocycles. The van der Waals surface area contributed by atoms with Crippen molar-refractivity contribution in [2.45, 2.75) is 38.5 Å². The number of piperidine rings is 1. The van der Waals surface area contributed by atoms with Gasteiger partial charge in [-0.2, -0.15) is 4.39 Å². The van der Waals surface area contributed by atoms with Crippen molar-refractivity contribution in [2.24, 2.45) is 0 Å². The molecule has 0 bridgehead atoms. The van der Waals surface area contributed by atoms with Crippen molar-refractivity contribution >= 4 is 10.9 Å². The van der Waals surface area contributed by atoms with Crippen LogP contribution in [0.2, 0.25) is 0 Å². The fraction of sp³-hybridized carbons (Fsp3) is 0.417. The lowest BCUT2D eigenvalue weighted by atomic mass is 10.0. The Balaban J connectivity index is 1.54. The Morgan fingerprint density at radius 3 is 3.00 bits per heavy atom. The Morgan fingerprint density at radius 2 is 2.21 bits per heavy atom. The van der Waals surface area contributed by atoms with Gasteiger partial charge in [-0.25, -0.2) is 9.37 Å². The van der Waals surface area contributed by atoms with Crippen LogP contribution in [0, 0.1) is 11.6 Å². The number of halogens is 2. The van der Waals surface area contributed by atoms with Crippen LogP contribution in [-0.2, 0) is 19.6 Å². The Morgan fingerprint density at radius 1 is 1.33 bits per heavy atom. The number of nitrogens with zero attached hydrogens (tertiary/aromatic N) is 3. The summed E-state index contributed by atoms with van der Waals surface area (Å²) in [5.74, 6) is -1.77. The Hall–Kier alpha value is -3.04. The van der Waals surface area contributed by atoms with E-state index >= 15 is 0 Å². The first-order valence-corrected chi connectivity index (χ1v) is 11.2. The minimum atomic E-state index is -1.07. The summed E-state index contributed by atoms with van der Waals surface area (Å²) in [5.41, 5.74) is 1.60. The third-order valence-electron chi connectivity index (χ3n) is 6.42. The standard InChI is InChI=1S/C24H26F2N4O3/c1-32-20-9-15(4-6-28-20)12-30(17-3-2-5-27-11-17)14-16-13-29-7-8-33-24-21(26)19(25)10-18(22(24)29)23(16)31/h4,6,9-10,13,17,27H,2-3,5,7-8,11-12,14H2,1H3. The molecule has 1 fully saturated rings. The maximum absolute atomic E-state index is 14.3. The zero-order valence-corrected chi connectivity index (χ0v) is 18.4. The molecule has 3 aromatic rings. The van der Waals surface area contributed by atoms with Crippen molar-refractivity contribution in [1.82, 2.24) is 19.8 Å². The molecule has 9 heteroatoms. The second kappa shape index (κ2) is 9.07. The molecule has 2 aliphatic heterocycles. The average molecular weight is 456 g/mol. The molecule has 1 atom stereocenters. The maximum Gasteiger partial charge on any atom is 0.213 e. The molecule has 33 heavy (non-hydrogen) atoms. The Kier molecular flexibility index (Phi) is 5.99. The molecule has 2 aliphatic rings. The van der Waals surface area contributed by atoms with Crippen LogP contribution in [0.1, 0.15) is 24.0 Å². The fourth-order valence-electron chi connectivity index (χ4n) is 4.78. The smallest absolute Gasteiger partial charge is 0.213 e. The molecule has 0 saturated carbocycles. The highest BCUT2D eigenvalue weighted by Gasteiger charge is 2.26. The number of ether oxygens (including phenoxy) is 2. The molecule has 4 heterocycles. The summed E-state index contributed by atoms with van der Waals surface area (Å²) in [6.45, 7) is 3.48. The number of pyridine rings is 2. The van der Waals surface area contributed by atoms with Crippen molar-refractivity contribution < 1.29 is 18.3 Å². The molecule has 2 aromatic heterocycles. The van der Waals surface area contributed by atoms with E-state index < -0.39 is 11.6 Å². The first kappa shape index (κ1) is 21.8. The van der Waals surface area contributed by atoms with E-state index in [1.54, 1.807) is 24.1 Å². The normalized spacial score (nSPS) is 17.9. The van der Waals surface area contributed by atoms with E-state index in [1.165, 1.54) is 0 Å². The summed E-state index contributed by atoms with van der Waals surface area (Å²) in [6.07, 6.45) is 5.53. The number of nitrogens with one attached hydrogen (secondary N) is 1. The van der Waals surface area contributed by atoms with Crippen LogP contribution in [0.15, 0.2) is 35.4 Å². The van der Waals surface area contributed by atoms with E-state index in [0.29, 0.717) is 36.6 Å². The van der Waals surface area contributed by atoms with Gasteiger partial charge in [-0.15, -0.1) is 0 Å². The predicted octanol–water partition coefficient (Wildman–Crippen LogP) is 2.83. The minimum absolute atomic E-state index is 0.147. The lowest BCUT2D eigenvalue weighted by molar-refractivity contribution is 0.148. The van der Waals surface area contributed by atoms with E-state index in [2.05, 4.69) is 15.2 Å². The molecule has 7 nitrogen and oxygen atoms in total. The van der Waals surface area contributed by atoms with Crippen molar-refractivity contribution in [2.75, 3.05) is 26.8 Å². The highest BCUT2D eigenvalue weighted by Crippen LogP contribution is 2.32. The quantitative estimate of drug-likeness (QED) is 0.615. The van der Waals surface area contributed by atoms with Gasteiger partial charge in [0.25, 0.3) is 0 Å². The molecule has 1 saturated heterocycles. The summed E-state index contributed by atoms with van der Waals surface area (Å²) in [7, 11) is 1.58. The van der Waals surface area contributed by atoms with E-state index in [0.717, 1.165) is 37.6 Å². The van der Waals surface area contributed by atoms with Crippen LogP contribution in [0.25, 0.3) is 10.9 Å². The first-order chi connectivity index (χ1) is 16.0. The average Bonchev–Trinajstić information content (AvgIpc) is 2.85. The molecular weight excluding hydrogens is 430 g/mol.